The predicted octanol–water partition coefficient (Wildman–Crippen LogP) is 2.27. The highest BCUT2D eigenvalue weighted by molar-refractivity contribution is 7.90. The van der Waals surface area contributed by atoms with Crippen molar-refractivity contribution in [2.24, 2.45) is 0 Å². The van der Waals surface area contributed by atoms with E-state index in [-0.39, 0.29) is 10.5 Å². The first-order valence-electron chi connectivity index (χ1n) is 5.80. The van der Waals surface area contributed by atoms with Gasteiger partial charge >= 0.3 is 0 Å². The van der Waals surface area contributed by atoms with Crippen LogP contribution in [0.5, 0.6) is 0 Å². The Labute approximate surface area is 126 Å². The van der Waals surface area contributed by atoms with Gasteiger partial charge in [-0.3, -0.25) is 9.59 Å². The third-order valence-corrected chi connectivity index (χ3v) is 4.26. The highest BCUT2D eigenvalue weighted by atomic mass is 35.5. The van der Waals surface area contributed by atoms with Gasteiger partial charge in [-0.1, -0.05) is 23.7 Å². The van der Waals surface area contributed by atoms with Crippen LogP contribution in [0.2, 0.25) is 5.02 Å². The van der Waals surface area contributed by atoms with Crippen molar-refractivity contribution in [3.05, 3.63) is 64.7 Å². The van der Waals surface area contributed by atoms with Crippen LogP contribution in [0.4, 0.5) is 0 Å². The van der Waals surface area contributed by atoms with Crippen molar-refractivity contribution in [3.8, 4) is 0 Å². The topological polar surface area (TPSA) is 80.3 Å². The molecule has 0 aliphatic rings. The van der Waals surface area contributed by atoms with E-state index in [2.05, 4.69) is 0 Å². The van der Waals surface area contributed by atoms with Gasteiger partial charge in [-0.05, 0) is 36.4 Å². The fraction of sp³-hybridized carbons (Fsp3) is 0. The van der Waals surface area contributed by atoms with Crippen LogP contribution >= 0.6 is 11.6 Å². The first-order valence-corrected chi connectivity index (χ1v) is 7.66. The van der Waals surface area contributed by atoms with Crippen LogP contribution in [0.1, 0.15) is 20.7 Å². The molecular formula is C14H10ClNO4S. The average molecular weight is 324 g/mol. The molecule has 0 radical (unpaired) electrons. The third kappa shape index (κ3) is 3.68. The Morgan fingerprint density at radius 3 is 2.10 bits per heavy atom. The Morgan fingerprint density at radius 1 is 1.00 bits per heavy atom. The van der Waals surface area contributed by atoms with Crippen molar-refractivity contribution >= 4 is 33.8 Å². The van der Waals surface area contributed by atoms with Gasteiger partial charge in [0.1, 0.15) is 6.29 Å². The second-order valence-electron chi connectivity index (χ2n) is 4.13. The number of sulfonamides is 1. The second kappa shape index (κ2) is 6.07. The largest absolute Gasteiger partial charge is 0.298 e. The summed E-state index contributed by atoms with van der Waals surface area (Å²) in [5.41, 5.74) is 0.533. The van der Waals surface area contributed by atoms with Crippen molar-refractivity contribution in [2.75, 3.05) is 0 Å². The van der Waals surface area contributed by atoms with Gasteiger partial charge in [-0.2, -0.15) is 0 Å². The standard InChI is InChI=1S/C14H10ClNO4S/c15-12-5-7-13(8-6-12)21(19,20)16-14(18)11-3-1-10(9-17)2-4-11/h1-9H,(H,16,18). The van der Waals surface area contributed by atoms with E-state index in [1.165, 1.54) is 48.5 Å². The number of carbonyl (C=O) groups excluding carboxylic acids is 2. The number of hydrogen-bond donors (Lipinski definition) is 1. The van der Waals surface area contributed by atoms with E-state index in [4.69, 9.17) is 11.6 Å². The number of rotatable bonds is 4. The maximum absolute atomic E-state index is 12.0. The molecule has 0 aromatic heterocycles. The molecule has 0 fully saturated rings. The molecule has 0 saturated heterocycles. The molecule has 108 valence electrons. The lowest BCUT2D eigenvalue weighted by Gasteiger charge is -2.07. The van der Waals surface area contributed by atoms with Gasteiger partial charge in [-0.25, -0.2) is 13.1 Å². The van der Waals surface area contributed by atoms with E-state index in [0.717, 1.165) is 0 Å². The summed E-state index contributed by atoms with van der Waals surface area (Å²) in [6.45, 7) is 0. The van der Waals surface area contributed by atoms with E-state index in [9.17, 15) is 18.0 Å². The number of halogens is 1. The van der Waals surface area contributed by atoms with Crippen molar-refractivity contribution in [1.29, 1.82) is 0 Å². The van der Waals surface area contributed by atoms with Crippen molar-refractivity contribution in [1.82, 2.24) is 4.72 Å². The summed E-state index contributed by atoms with van der Waals surface area (Å²) in [6.07, 6.45) is 0.631. The van der Waals surface area contributed by atoms with Crippen molar-refractivity contribution in [2.45, 2.75) is 4.90 Å². The lowest BCUT2D eigenvalue weighted by molar-refractivity contribution is 0.0980. The number of hydrogen-bond acceptors (Lipinski definition) is 4. The maximum atomic E-state index is 12.0. The van der Waals surface area contributed by atoms with Crippen LogP contribution in [0.3, 0.4) is 0 Å². The predicted molar refractivity (Wildman–Crippen MR) is 77.9 cm³/mol. The molecule has 0 aliphatic heterocycles. The molecule has 0 saturated carbocycles. The average Bonchev–Trinajstić information content (AvgIpc) is 2.47. The molecule has 7 heteroatoms. The Hall–Kier alpha value is -2.18. The smallest absolute Gasteiger partial charge is 0.264 e. The lowest BCUT2D eigenvalue weighted by atomic mass is 10.1. The number of nitrogens with one attached hydrogen (secondary N) is 1. The summed E-state index contributed by atoms with van der Waals surface area (Å²) < 4.78 is 26.0. The van der Waals surface area contributed by atoms with Crippen LogP contribution in [-0.2, 0) is 10.0 Å². The van der Waals surface area contributed by atoms with Gasteiger partial charge in [0.2, 0.25) is 0 Å². The van der Waals surface area contributed by atoms with Crippen LogP contribution < -0.4 is 4.72 Å². The summed E-state index contributed by atoms with van der Waals surface area (Å²) in [6, 6.07) is 11.0. The molecule has 0 unspecified atom stereocenters. The zero-order chi connectivity index (χ0) is 15.5. The quantitative estimate of drug-likeness (QED) is 0.875. The molecule has 0 heterocycles. The summed E-state index contributed by atoms with van der Waals surface area (Å²) in [5.74, 6) is -0.776. The summed E-state index contributed by atoms with van der Waals surface area (Å²) in [5, 5.41) is 0.393. The highest BCUT2D eigenvalue weighted by Gasteiger charge is 2.18. The normalized spacial score (nSPS) is 10.9. The number of benzene rings is 2. The summed E-state index contributed by atoms with van der Waals surface area (Å²) in [4.78, 5) is 22.4. The Morgan fingerprint density at radius 2 is 1.57 bits per heavy atom. The fourth-order valence-electron chi connectivity index (χ4n) is 1.57. The number of carbonyl (C=O) groups is 2. The zero-order valence-electron chi connectivity index (χ0n) is 10.6. The monoisotopic (exact) mass is 323 g/mol. The molecule has 0 bridgehead atoms. The van der Waals surface area contributed by atoms with Crippen LogP contribution in [0, 0.1) is 0 Å². The Kier molecular flexibility index (Phi) is 4.40. The van der Waals surface area contributed by atoms with Gasteiger partial charge in [0, 0.05) is 16.1 Å². The van der Waals surface area contributed by atoms with Gasteiger partial charge in [0.15, 0.2) is 0 Å². The van der Waals surface area contributed by atoms with E-state index >= 15 is 0 Å². The molecule has 5 nitrogen and oxygen atoms in total. The molecular weight excluding hydrogens is 314 g/mol. The Balaban J connectivity index is 2.21. The minimum Gasteiger partial charge on any atom is -0.298 e. The van der Waals surface area contributed by atoms with Crippen molar-refractivity contribution in [3.63, 3.8) is 0 Å². The number of aldehydes is 1. The minimum absolute atomic E-state index is 0.0650. The maximum Gasteiger partial charge on any atom is 0.264 e. The molecule has 21 heavy (non-hydrogen) atoms. The lowest BCUT2D eigenvalue weighted by Crippen LogP contribution is -2.30. The van der Waals surface area contributed by atoms with Gasteiger partial charge in [0.25, 0.3) is 15.9 Å². The zero-order valence-corrected chi connectivity index (χ0v) is 12.2. The molecule has 0 aliphatic carbocycles. The Bertz CT molecular complexity index is 768. The molecule has 0 spiro atoms. The van der Waals surface area contributed by atoms with E-state index < -0.39 is 15.9 Å². The van der Waals surface area contributed by atoms with E-state index in [0.29, 0.717) is 16.9 Å². The molecule has 2 aromatic rings. The van der Waals surface area contributed by atoms with Gasteiger partial charge in [0.05, 0.1) is 4.90 Å². The molecule has 2 aromatic carbocycles. The molecule has 0 atom stereocenters. The van der Waals surface area contributed by atoms with E-state index in [1.54, 1.807) is 0 Å². The fourth-order valence-corrected chi connectivity index (χ4v) is 2.67. The van der Waals surface area contributed by atoms with E-state index in [1.807, 2.05) is 4.72 Å². The van der Waals surface area contributed by atoms with Crippen LogP contribution in [0.25, 0.3) is 0 Å². The van der Waals surface area contributed by atoms with Crippen molar-refractivity contribution < 1.29 is 18.0 Å². The van der Waals surface area contributed by atoms with Gasteiger partial charge in [-0.15, -0.1) is 0 Å². The summed E-state index contributed by atoms with van der Waals surface area (Å²) >= 11 is 5.68. The number of amides is 1. The molecule has 1 amide bonds. The SMILES string of the molecule is O=Cc1ccc(C(=O)NS(=O)(=O)c2ccc(Cl)cc2)cc1. The van der Waals surface area contributed by atoms with Crippen LogP contribution in [0.15, 0.2) is 53.4 Å². The second-order valence-corrected chi connectivity index (χ2v) is 6.25. The highest BCUT2D eigenvalue weighted by Crippen LogP contribution is 2.14. The van der Waals surface area contributed by atoms with Crippen LogP contribution in [-0.4, -0.2) is 20.6 Å². The first-order chi connectivity index (χ1) is 9.92. The summed E-state index contributed by atoms with van der Waals surface area (Å²) in [7, 11) is -3.97. The van der Waals surface area contributed by atoms with Gasteiger partial charge < -0.3 is 0 Å². The minimum atomic E-state index is -3.97. The third-order valence-electron chi connectivity index (χ3n) is 2.66. The molecule has 2 rings (SSSR count). The molecule has 1 N–H and O–H groups in total. The first kappa shape index (κ1) is 15.2.